The Kier molecular flexibility index (Phi) is 4.11. The molecule has 2 N–H and O–H groups in total. The number of benzene rings is 1. The maximum absolute atomic E-state index is 11.1. The first-order chi connectivity index (χ1) is 9.08. The van der Waals surface area contributed by atoms with E-state index in [1.807, 2.05) is 44.2 Å². The summed E-state index contributed by atoms with van der Waals surface area (Å²) in [5.41, 5.74) is 0.920. The number of nitrogens with one attached hydrogen (secondary N) is 1. The van der Waals surface area contributed by atoms with Crippen LogP contribution in [0.4, 0.5) is 5.13 Å². The first kappa shape index (κ1) is 13.5. The van der Waals surface area contributed by atoms with Gasteiger partial charge in [-0.25, -0.2) is 4.79 Å². The van der Waals surface area contributed by atoms with E-state index in [1.165, 1.54) is 11.5 Å². The predicted molar refractivity (Wildman–Crippen MR) is 75.2 cm³/mol. The summed E-state index contributed by atoms with van der Waals surface area (Å²) < 4.78 is 4.23. The third kappa shape index (κ3) is 3.29. The molecule has 0 saturated heterocycles. The van der Waals surface area contributed by atoms with Gasteiger partial charge < -0.3 is 10.4 Å². The van der Waals surface area contributed by atoms with Crippen LogP contribution in [0.5, 0.6) is 0 Å². The number of carboxylic acid groups (broad SMARTS) is 1. The maximum atomic E-state index is 11.1. The molecule has 0 amide bonds. The summed E-state index contributed by atoms with van der Waals surface area (Å²) in [6.45, 7) is 3.70. The van der Waals surface area contributed by atoms with E-state index in [0.717, 1.165) is 5.56 Å². The molecule has 100 valence electrons. The molecule has 0 unspecified atom stereocenters. The molecule has 1 heterocycles. The molecule has 2 aromatic rings. The summed E-state index contributed by atoms with van der Waals surface area (Å²) in [7, 11) is 0. The highest BCUT2D eigenvalue weighted by molar-refractivity contribution is 7.09. The van der Waals surface area contributed by atoms with Crippen molar-refractivity contribution in [3.63, 3.8) is 0 Å². The van der Waals surface area contributed by atoms with Crippen LogP contribution < -0.4 is 5.32 Å². The van der Waals surface area contributed by atoms with Crippen LogP contribution in [0.25, 0.3) is 11.4 Å². The Balaban J connectivity index is 2.16. The summed E-state index contributed by atoms with van der Waals surface area (Å²) in [6.07, 6.45) is 0. The SMILES string of the molecule is CC(C)[C@@H](Nc1nc(-c2ccccc2)ns1)C(=O)O. The van der Waals surface area contributed by atoms with Gasteiger partial charge in [0.05, 0.1) is 0 Å². The molecule has 0 aliphatic heterocycles. The van der Waals surface area contributed by atoms with Crippen molar-refractivity contribution in [1.29, 1.82) is 0 Å². The van der Waals surface area contributed by atoms with Crippen LogP contribution in [0.15, 0.2) is 30.3 Å². The minimum absolute atomic E-state index is 0.0263. The number of aromatic nitrogens is 2. The number of rotatable bonds is 5. The summed E-state index contributed by atoms with van der Waals surface area (Å²) in [5.74, 6) is -0.297. The zero-order chi connectivity index (χ0) is 13.8. The molecule has 0 aliphatic carbocycles. The van der Waals surface area contributed by atoms with Crippen LogP contribution in [0.1, 0.15) is 13.8 Å². The maximum Gasteiger partial charge on any atom is 0.326 e. The van der Waals surface area contributed by atoms with E-state index in [4.69, 9.17) is 5.11 Å². The number of nitrogens with zero attached hydrogens (tertiary/aromatic N) is 2. The van der Waals surface area contributed by atoms with E-state index < -0.39 is 12.0 Å². The fourth-order valence-electron chi connectivity index (χ4n) is 1.63. The number of aliphatic carboxylic acids is 1. The highest BCUT2D eigenvalue weighted by Crippen LogP contribution is 2.22. The zero-order valence-corrected chi connectivity index (χ0v) is 11.5. The molecule has 0 spiro atoms. The molecule has 2 rings (SSSR count). The normalized spacial score (nSPS) is 12.4. The average Bonchev–Trinajstić information content (AvgIpc) is 2.85. The van der Waals surface area contributed by atoms with Gasteiger partial charge in [0.25, 0.3) is 0 Å². The number of hydrogen-bond donors (Lipinski definition) is 2. The summed E-state index contributed by atoms with van der Waals surface area (Å²) in [5, 5.41) is 12.6. The first-order valence-electron chi connectivity index (χ1n) is 5.96. The van der Waals surface area contributed by atoms with E-state index in [1.54, 1.807) is 0 Å². The van der Waals surface area contributed by atoms with Crippen molar-refractivity contribution < 1.29 is 9.90 Å². The van der Waals surface area contributed by atoms with Crippen LogP contribution in [0, 0.1) is 5.92 Å². The molecule has 0 saturated carbocycles. The Morgan fingerprint density at radius 1 is 1.32 bits per heavy atom. The average molecular weight is 277 g/mol. The second-order valence-electron chi connectivity index (χ2n) is 4.49. The van der Waals surface area contributed by atoms with E-state index in [0.29, 0.717) is 11.0 Å². The van der Waals surface area contributed by atoms with E-state index in [2.05, 4.69) is 14.7 Å². The summed E-state index contributed by atoms with van der Waals surface area (Å²) in [6, 6.07) is 8.94. The van der Waals surface area contributed by atoms with Gasteiger partial charge in [0.1, 0.15) is 6.04 Å². The van der Waals surface area contributed by atoms with Crippen LogP contribution in [0.3, 0.4) is 0 Å². The molecular weight excluding hydrogens is 262 g/mol. The van der Waals surface area contributed by atoms with Gasteiger partial charge >= 0.3 is 5.97 Å². The fourth-order valence-corrected chi connectivity index (χ4v) is 2.26. The standard InChI is InChI=1S/C13H15N3O2S/c1-8(2)10(12(17)18)14-13-15-11(16-19-13)9-6-4-3-5-7-9/h3-8,10H,1-2H3,(H,17,18)(H,14,15,16)/t10-/m1/s1. The number of hydrogen-bond acceptors (Lipinski definition) is 5. The van der Waals surface area contributed by atoms with Gasteiger partial charge in [-0.2, -0.15) is 9.36 Å². The van der Waals surface area contributed by atoms with E-state index in [-0.39, 0.29) is 5.92 Å². The quantitative estimate of drug-likeness (QED) is 0.879. The second kappa shape index (κ2) is 5.79. The van der Waals surface area contributed by atoms with Gasteiger partial charge in [-0.15, -0.1) is 0 Å². The third-order valence-electron chi connectivity index (χ3n) is 2.67. The second-order valence-corrected chi connectivity index (χ2v) is 5.25. The lowest BCUT2D eigenvalue weighted by atomic mass is 10.1. The highest BCUT2D eigenvalue weighted by atomic mass is 32.1. The van der Waals surface area contributed by atoms with Gasteiger partial charge in [0.2, 0.25) is 5.13 Å². The number of carboxylic acids is 1. The van der Waals surface area contributed by atoms with Gasteiger partial charge in [0, 0.05) is 17.1 Å². The number of carbonyl (C=O) groups is 1. The Morgan fingerprint density at radius 3 is 2.58 bits per heavy atom. The van der Waals surface area contributed by atoms with Crippen molar-refractivity contribution in [1.82, 2.24) is 9.36 Å². The monoisotopic (exact) mass is 277 g/mol. The summed E-state index contributed by atoms with van der Waals surface area (Å²) >= 11 is 1.17. The Morgan fingerprint density at radius 2 is 2.00 bits per heavy atom. The van der Waals surface area contributed by atoms with Gasteiger partial charge in [-0.05, 0) is 5.92 Å². The van der Waals surface area contributed by atoms with Crippen LogP contribution >= 0.6 is 11.5 Å². The van der Waals surface area contributed by atoms with Crippen LogP contribution in [-0.2, 0) is 4.79 Å². The van der Waals surface area contributed by atoms with Gasteiger partial charge in [-0.1, -0.05) is 44.2 Å². The molecule has 5 nitrogen and oxygen atoms in total. The molecule has 1 aromatic heterocycles. The zero-order valence-electron chi connectivity index (χ0n) is 10.7. The molecule has 0 radical (unpaired) electrons. The fraction of sp³-hybridized carbons (Fsp3) is 0.308. The Hall–Kier alpha value is -1.95. The van der Waals surface area contributed by atoms with Crippen LogP contribution in [0.2, 0.25) is 0 Å². The van der Waals surface area contributed by atoms with Crippen molar-refractivity contribution in [3.8, 4) is 11.4 Å². The third-order valence-corrected chi connectivity index (χ3v) is 3.32. The minimum atomic E-state index is -0.883. The molecule has 6 heteroatoms. The molecule has 1 atom stereocenters. The minimum Gasteiger partial charge on any atom is -0.480 e. The van der Waals surface area contributed by atoms with Crippen molar-refractivity contribution >= 4 is 22.6 Å². The molecular formula is C13H15N3O2S. The van der Waals surface area contributed by atoms with Crippen molar-refractivity contribution in [2.45, 2.75) is 19.9 Å². The smallest absolute Gasteiger partial charge is 0.326 e. The van der Waals surface area contributed by atoms with Gasteiger partial charge in [0.15, 0.2) is 5.82 Å². The first-order valence-corrected chi connectivity index (χ1v) is 6.73. The lowest BCUT2D eigenvalue weighted by molar-refractivity contribution is -0.138. The molecule has 0 bridgehead atoms. The Labute approximate surface area is 115 Å². The van der Waals surface area contributed by atoms with Crippen LogP contribution in [-0.4, -0.2) is 26.5 Å². The molecule has 1 aromatic carbocycles. The van der Waals surface area contributed by atoms with Crippen molar-refractivity contribution in [2.24, 2.45) is 5.92 Å². The van der Waals surface area contributed by atoms with E-state index in [9.17, 15) is 4.79 Å². The van der Waals surface area contributed by atoms with Gasteiger partial charge in [-0.3, -0.25) is 0 Å². The van der Waals surface area contributed by atoms with Crippen molar-refractivity contribution in [2.75, 3.05) is 5.32 Å². The van der Waals surface area contributed by atoms with E-state index >= 15 is 0 Å². The molecule has 0 aliphatic rings. The lowest BCUT2D eigenvalue weighted by Crippen LogP contribution is -2.34. The number of anilines is 1. The Bertz CT molecular complexity index is 554. The lowest BCUT2D eigenvalue weighted by Gasteiger charge is -2.16. The predicted octanol–water partition coefficient (Wildman–Crippen LogP) is 2.73. The molecule has 0 fully saturated rings. The highest BCUT2D eigenvalue weighted by Gasteiger charge is 2.22. The molecule has 19 heavy (non-hydrogen) atoms. The topological polar surface area (TPSA) is 75.1 Å². The van der Waals surface area contributed by atoms with Crippen molar-refractivity contribution in [3.05, 3.63) is 30.3 Å². The summed E-state index contributed by atoms with van der Waals surface area (Å²) in [4.78, 5) is 15.4. The largest absolute Gasteiger partial charge is 0.480 e.